The molecule has 18 heavy (non-hydrogen) atoms. The number of carbonyl (C=O) groups is 1. The van der Waals surface area contributed by atoms with Gasteiger partial charge in [0.15, 0.2) is 0 Å². The summed E-state index contributed by atoms with van der Waals surface area (Å²) < 4.78 is 5.71. The van der Waals surface area contributed by atoms with Crippen LogP contribution < -0.4 is 4.74 Å². The zero-order valence-electron chi connectivity index (χ0n) is 11.2. The van der Waals surface area contributed by atoms with E-state index in [2.05, 4.69) is 13.8 Å². The number of rotatable bonds is 8. The average molecular weight is 250 g/mol. The Kier molecular flexibility index (Phi) is 6.26. The second kappa shape index (κ2) is 7.75. The van der Waals surface area contributed by atoms with Gasteiger partial charge in [0.05, 0.1) is 6.61 Å². The van der Waals surface area contributed by atoms with Gasteiger partial charge in [-0.05, 0) is 30.0 Å². The van der Waals surface area contributed by atoms with Crippen LogP contribution in [-0.4, -0.2) is 17.7 Å². The van der Waals surface area contributed by atoms with E-state index in [-0.39, 0.29) is 6.42 Å². The maximum absolute atomic E-state index is 10.5. The van der Waals surface area contributed by atoms with Crippen molar-refractivity contribution in [3.63, 3.8) is 0 Å². The Bertz CT molecular complexity index is 353. The van der Waals surface area contributed by atoms with E-state index in [4.69, 9.17) is 9.84 Å². The number of aryl methyl sites for hydroxylation is 1. The number of hydrogen-bond acceptors (Lipinski definition) is 2. The zero-order valence-corrected chi connectivity index (χ0v) is 11.2. The molecule has 0 amide bonds. The molecule has 0 saturated heterocycles. The molecule has 0 spiro atoms. The van der Waals surface area contributed by atoms with Gasteiger partial charge in [0.1, 0.15) is 5.75 Å². The van der Waals surface area contributed by atoms with Crippen LogP contribution in [0.15, 0.2) is 24.3 Å². The first-order valence-electron chi connectivity index (χ1n) is 6.59. The van der Waals surface area contributed by atoms with Gasteiger partial charge in [0, 0.05) is 6.42 Å². The molecule has 0 aliphatic heterocycles. The van der Waals surface area contributed by atoms with Crippen LogP contribution in [0.3, 0.4) is 0 Å². The van der Waals surface area contributed by atoms with Crippen LogP contribution in [0, 0.1) is 5.92 Å². The van der Waals surface area contributed by atoms with E-state index < -0.39 is 5.97 Å². The Balaban J connectivity index is 2.42. The van der Waals surface area contributed by atoms with Gasteiger partial charge >= 0.3 is 5.97 Å². The number of carboxylic acids is 1. The lowest BCUT2D eigenvalue weighted by Gasteiger charge is -2.13. The normalized spacial score (nSPS) is 10.6. The highest BCUT2D eigenvalue weighted by molar-refractivity contribution is 5.67. The lowest BCUT2D eigenvalue weighted by atomic mass is 10.1. The molecule has 3 nitrogen and oxygen atoms in total. The molecule has 0 radical (unpaired) electrons. The molecule has 0 atom stereocenters. The minimum absolute atomic E-state index is 0.175. The van der Waals surface area contributed by atoms with Gasteiger partial charge in [-0.2, -0.15) is 0 Å². The molecule has 3 heteroatoms. The quantitative estimate of drug-likeness (QED) is 0.768. The van der Waals surface area contributed by atoms with Crippen molar-refractivity contribution in [2.45, 2.75) is 39.5 Å². The number of benzene rings is 1. The van der Waals surface area contributed by atoms with E-state index in [1.165, 1.54) is 0 Å². The third kappa shape index (κ3) is 5.21. The highest BCUT2D eigenvalue weighted by Crippen LogP contribution is 2.16. The van der Waals surface area contributed by atoms with Gasteiger partial charge in [-0.1, -0.05) is 38.8 Å². The summed E-state index contributed by atoms with van der Waals surface area (Å²) in [5.41, 5.74) is 1.03. The van der Waals surface area contributed by atoms with Crippen molar-refractivity contribution < 1.29 is 14.6 Å². The third-order valence-electron chi connectivity index (χ3n) is 3.19. The second-order valence-electron chi connectivity index (χ2n) is 4.53. The Labute approximate surface area is 109 Å². The van der Waals surface area contributed by atoms with E-state index >= 15 is 0 Å². The molecular formula is C15H22O3. The van der Waals surface area contributed by atoms with Gasteiger partial charge < -0.3 is 9.84 Å². The first kappa shape index (κ1) is 14.6. The van der Waals surface area contributed by atoms with Crippen molar-refractivity contribution in [1.82, 2.24) is 0 Å². The highest BCUT2D eigenvalue weighted by atomic mass is 16.5. The van der Waals surface area contributed by atoms with Crippen LogP contribution in [0.1, 0.15) is 38.7 Å². The van der Waals surface area contributed by atoms with Crippen LogP contribution in [-0.2, 0) is 11.2 Å². The predicted octanol–water partition coefficient (Wildman–Crippen LogP) is 3.52. The maximum Gasteiger partial charge on any atom is 0.303 e. The predicted molar refractivity (Wildman–Crippen MR) is 72.0 cm³/mol. The van der Waals surface area contributed by atoms with Gasteiger partial charge in [0.2, 0.25) is 0 Å². The van der Waals surface area contributed by atoms with Gasteiger partial charge in [-0.3, -0.25) is 4.79 Å². The summed E-state index contributed by atoms with van der Waals surface area (Å²) >= 11 is 0. The van der Waals surface area contributed by atoms with Gasteiger partial charge in [-0.25, -0.2) is 0 Å². The lowest BCUT2D eigenvalue weighted by molar-refractivity contribution is -0.136. The maximum atomic E-state index is 10.5. The van der Waals surface area contributed by atoms with Crippen LogP contribution in [0.5, 0.6) is 5.75 Å². The number of carboxylic acid groups (broad SMARTS) is 1. The van der Waals surface area contributed by atoms with E-state index in [0.717, 1.165) is 30.8 Å². The van der Waals surface area contributed by atoms with Crippen molar-refractivity contribution >= 4 is 5.97 Å². The minimum atomic E-state index is -0.760. The SMILES string of the molecule is CCC(CC)COc1ccc(CCC(=O)O)cc1. The van der Waals surface area contributed by atoms with Crippen molar-refractivity contribution in [1.29, 1.82) is 0 Å². The summed E-state index contributed by atoms with van der Waals surface area (Å²) in [4.78, 5) is 10.5. The number of aliphatic carboxylic acids is 1. The second-order valence-corrected chi connectivity index (χ2v) is 4.53. The largest absolute Gasteiger partial charge is 0.493 e. The Morgan fingerprint density at radius 1 is 1.22 bits per heavy atom. The summed E-state index contributed by atoms with van der Waals surface area (Å²) in [5.74, 6) is 0.710. The van der Waals surface area contributed by atoms with Crippen molar-refractivity contribution in [2.24, 2.45) is 5.92 Å². The minimum Gasteiger partial charge on any atom is -0.493 e. The molecule has 0 saturated carbocycles. The number of ether oxygens (including phenoxy) is 1. The summed E-state index contributed by atoms with van der Waals surface area (Å²) in [6, 6.07) is 7.70. The molecular weight excluding hydrogens is 228 g/mol. The van der Waals surface area contributed by atoms with E-state index in [1.54, 1.807) is 0 Å². The van der Waals surface area contributed by atoms with Crippen LogP contribution in [0.25, 0.3) is 0 Å². The van der Waals surface area contributed by atoms with Crippen LogP contribution in [0.4, 0.5) is 0 Å². The molecule has 1 rings (SSSR count). The summed E-state index contributed by atoms with van der Waals surface area (Å²) in [6.07, 6.45) is 3.01. The molecule has 1 aromatic rings. The molecule has 1 aromatic carbocycles. The summed E-state index contributed by atoms with van der Waals surface area (Å²) in [6.45, 7) is 5.10. The Morgan fingerprint density at radius 3 is 2.33 bits per heavy atom. The van der Waals surface area contributed by atoms with Gasteiger partial charge in [0.25, 0.3) is 0 Å². The Hall–Kier alpha value is -1.51. The fourth-order valence-corrected chi connectivity index (χ4v) is 1.74. The van der Waals surface area contributed by atoms with E-state index in [1.807, 2.05) is 24.3 Å². The standard InChI is InChI=1S/C15H22O3/c1-3-12(4-2)11-18-14-8-5-13(6-9-14)7-10-15(16)17/h5-6,8-9,12H,3-4,7,10-11H2,1-2H3,(H,16,17). The fourth-order valence-electron chi connectivity index (χ4n) is 1.74. The van der Waals surface area contributed by atoms with Gasteiger partial charge in [-0.15, -0.1) is 0 Å². The lowest BCUT2D eigenvalue weighted by Crippen LogP contribution is -2.10. The summed E-state index contributed by atoms with van der Waals surface area (Å²) in [7, 11) is 0. The van der Waals surface area contributed by atoms with Crippen molar-refractivity contribution in [3.05, 3.63) is 29.8 Å². The fraction of sp³-hybridized carbons (Fsp3) is 0.533. The monoisotopic (exact) mass is 250 g/mol. The van der Waals surface area contributed by atoms with Crippen molar-refractivity contribution in [2.75, 3.05) is 6.61 Å². The van der Waals surface area contributed by atoms with Crippen molar-refractivity contribution in [3.8, 4) is 5.75 Å². The molecule has 0 fully saturated rings. The molecule has 0 aromatic heterocycles. The summed E-state index contributed by atoms with van der Waals surface area (Å²) in [5, 5.41) is 8.60. The first-order chi connectivity index (χ1) is 8.65. The molecule has 100 valence electrons. The molecule has 0 heterocycles. The third-order valence-corrected chi connectivity index (χ3v) is 3.19. The molecule has 0 aliphatic rings. The average Bonchev–Trinajstić information content (AvgIpc) is 2.39. The smallest absolute Gasteiger partial charge is 0.303 e. The first-order valence-corrected chi connectivity index (χ1v) is 6.59. The zero-order chi connectivity index (χ0) is 13.4. The van der Waals surface area contributed by atoms with Crippen LogP contribution in [0.2, 0.25) is 0 Å². The molecule has 0 aliphatic carbocycles. The van der Waals surface area contributed by atoms with Crippen LogP contribution >= 0.6 is 0 Å². The van der Waals surface area contributed by atoms with E-state index in [9.17, 15) is 4.79 Å². The molecule has 1 N–H and O–H groups in total. The van der Waals surface area contributed by atoms with E-state index in [0.29, 0.717) is 12.3 Å². The molecule has 0 unspecified atom stereocenters. The highest BCUT2D eigenvalue weighted by Gasteiger charge is 2.04. The number of hydrogen-bond donors (Lipinski definition) is 1. The topological polar surface area (TPSA) is 46.5 Å². The molecule has 0 bridgehead atoms. The Morgan fingerprint density at radius 2 is 1.83 bits per heavy atom.